The second-order valence-electron chi connectivity index (χ2n) is 8.75. The first-order chi connectivity index (χ1) is 17.0. The summed E-state index contributed by atoms with van der Waals surface area (Å²) in [5.41, 5.74) is 5.20. The van der Waals surface area contributed by atoms with Crippen molar-refractivity contribution in [3.05, 3.63) is 119 Å². The van der Waals surface area contributed by atoms with Gasteiger partial charge in [0.05, 0.1) is 0 Å². The smallest absolute Gasteiger partial charge is 0.167 e. The standard InChI is InChI=1S/C32H29F3/c1-3-5-6-24-12-18-27(30(33)21-24)17-11-23-9-15-26(16-10-23)29-20-19-28(31(34)32(29)35)25-13-7-22(4-2)8-14-25/h7-21H,3-6H2,1-2H3/b17-11+. The first-order valence-corrected chi connectivity index (χ1v) is 12.1. The van der Waals surface area contributed by atoms with Crippen LogP contribution in [-0.2, 0) is 12.8 Å². The molecule has 0 aliphatic heterocycles. The van der Waals surface area contributed by atoms with Crippen LogP contribution in [0.15, 0.2) is 78.9 Å². The summed E-state index contributed by atoms with van der Waals surface area (Å²) in [6, 6.07) is 23.2. The summed E-state index contributed by atoms with van der Waals surface area (Å²) in [7, 11) is 0. The molecule has 0 radical (unpaired) electrons. The predicted molar refractivity (Wildman–Crippen MR) is 141 cm³/mol. The lowest BCUT2D eigenvalue weighted by atomic mass is 9.97. The van der Waals surface area contributed by atoms with Gasteiger partial charge >= 0.3 is 0 Å². The average Bonchev–Trinajstić information content (AvgIpc) is 2.89. The fourth-order valence-electron chi connectivity index (χ4n) is 4.12. The molecule has 0 saturated carbocycles. The molecule has 4 aromatic rings. The van der Waals surface area contributed by atoms with E-state index in [0.717, 1.165) is 42.4 Å². The Morgan fingerprint density at radius 3 is 1.74 bits per heavy atom. The fraction of sp³-hybridized carbons (Fsp3) is 0.188. The zero-order valence-electron chi connectivity index (χ0n) is 20.1. The number of benzene rings is 4. The lowest BCUT2D eigenvalue weighted by Gasteiger charge is -2.10. The molecule has 4 aromatic carbocycles. The maximum atomic E-state index is 15.0. The van der Waals surface area contributed by atoms with E-state index in [4.69, 9.17) is 0 Å². The Morgan fingerprint density at radius 1 is 0.629 bits per heavy atom. The van der Waals surface area contributed by atoms with Crippen LogP contribution in [0.25, 0.3) is 34.4 Å². The van der Waals surface area contributed by atoms with Gasteiger partial charge in [0.25, 0.3) is 0 Å². The Kier molecular flexibility index (Phi) is 7.87. The van der Waals surface area contributed by atoms with Crippen molar-refractivity contribution in [2.75, 3.05) is 0 Å². The van der Waals surface area contributed by atoms with Crippen LogP contribution in [0.5, 0.6) is 0 Å². The zero-order valence-corrected chi connectivity index (χ0v) is 20.1. The highest BCUT2D eigenvalue weighted by molar-refractivity contribution is 5.74. The Bertz CT molecular complexity index is 1320. The lowest BCUT2D eigenvalue weighted by Crippen LogP contribution is -1.94. The van der Waals surface area contributed by atoms with Gasteiger partial charge in [0.15, 0.2) is 11.6 Å². The van der Waals surface area contributed by atoms with E-state index >= 15 is 0 Å². The Labute approximate surface area is 205 Å². The topological polar surface area (TPSA) is 0 Å². The van der Waals surface area contributed by atoms with Gasteiger partial charge in [-0.25, -0.2) is 13.2 Å². The number of hydrogen-bond acceptors (Lipinski definition) is 0. The minimum absolute atomic E-state index is 0.209. The van der Waals surface area contributed by atoms with Crippen molar-refractivity contribution in [1.82, 2.24) is 0 Å². The van der Waals surface area contributed by atoms with Gasteiger partial charge < -0.3 is 0 Å². The van der Waals surface area contributed by atoms with E-state index in [9.17, 15) is 13.2 Å². The van der Waals surface area contributed by atoms with Gasteiger partial charge in [-0.3, -0.25) is 0 Å². The van der Waals surface area contributed by atoms with Crippen LogP contribution in [0.2, 0.25) is 0 Å². The highest BCUT2D eigenvalue weighted by Crippen LogP contribution is 2.32. The molecule has 0 saturated heterocycles. The molecule has 3 heteroatoms. The Hall–Kier alpha value is -3.59. The van der Waals surface area contributed by atoms with Gasteiger partial charge in [0.2, 0.25) is 0 Å². The van der Waals surface area contributed by atoms with Gasteiger partial charge in [0.1, 0.15) is 5.82 Å². The molecule has 4 rings (SSSR count). The largest absolute Gasteiger partial charge is 0.206 e. The number of halogens is 3. The van der Waals surface area contributed by atoms with Gasteiger partial charge in [-0.05, 0) is 53.1 Å². The molecular formula is C32H29F3. The number of unbranched alkanes of at least 4 members (excludes halogenated alkanes) is 1. The van der Waals surface area contributed by atoms with Gasteiger partial charge in [-0.2, -0.15) is 0 Å². The molecular weight excluding hydrogens is 441 g/mol. The number of hydrogen-bond donors (Lipinski definition) is 0. The summed E-state index contributed by atoms with van der Waals surface area (Å²) in [4.78, 5) is 0. The third-order valence-electron chi connectivity index (χ3n) is 6.32. The maximum absolute atomic E-state index is 15.0. The van der Waals surface area contributed by atoms with Crippen LogP contribution in [-0.4, -0.2) is 0 Å². The molecule has 0 fully saturated rings. The van der Waals surface area contributed by atoms with E-state index in [1.54, 1.807) is 42.5 Å². The summed E-state index contributed by atoms with van der Waals surface area (Å²) in [5, 5.41) is 0. The normalized spacial score (nSPS) is 11.3. The predicted octanol–water partition coefficient (Wildman–Crippen LogP) is 9.51. The Morgan fingerprint density at radius 2 is 1.20 bits per heavy atom. The molecule has 0 aliphatic rings. The number of aryl methyl sites for hydroxylation is 2. The third kappa shape index (κ3) is 5.74. The minimum atomic E-state index is -0.865. The molecule has 0 amide bonds. The number of rotatable bonds is 8. The summed E-state index contributed by atoms with van der Waals surface area (Å²) in [6.07, 6.45) is 7.43. The summed E-state index contributed by atoms with van der Waals surface area (Å²) >= 11 is 0. The van der Waals surface area contributed by atoms with E-state index in [2.05, 4.69) is 13.8 Å². The highest BCUT2D eigenvalue weighted by atomic mass is 19.2. The van der Waals surface area contributed by atoms with Crippen LogP contribution < -0.4 is 0 Å². The fourth-order valence-corrected chi connectivity index (χ4v) is 4.12. The molecule has 0 aromatic heterocycles. The molecule has 0 nitrogen and oxygen atoms in total. The molecule has 0 unspecified atom stereocenters. The molecule has 0 atom stereocenters. The molecule has 0 spiro atoms. The molecule has 178 valence electrons. The van der Waals surface area contributed by atoms with E-state index in [-0.39, 0.29) is 16.9 Å². The molecule has 0 aliphatic carbocycles. The van der Waals surface area contributed by atoms with Crippen LogP contribution in [0.1, 0.15) is 48.9 Å². The Balaban J connectivity index is 1.52. The van der Waals surface area contributed by atoms with Crippen molar-refractivity contribution in [3.63, 3.8) is 0 Å². The van der Waals surface area contributed by atoms with Gasteiger partial charge in [-0.1, -0.05) is 105 Å². The van der Waals surface area contributed by atoms with Crippen molar-refractivity contribution in [1.29, 1.82) is 0 Å². The van der Waals surface area contributed by atoms with Crippen molar-refractivity contribution >= 4 is 12.2 Å². The van der Waals surface area contributed by atoms with Crippen LogP contribution >= 0.6 is 0 Å². The highest BCUT2D eigenvalue weighted by Gasteiger charge is 2.16. The van der Waals surface area contributed by atoms with Gasteiger partial charge in [0, 0.05) is 16.7 Å². The first-order valence-electron chi connectivity index (χ1n) is 12.1. The molecule has 0 N–H and O–H groups in total. The van der Waals surface area contributed by atoms with Crippen LogP contribution in [0.3, 0.4) is 0 Å². The van der Waals surface area contributed by atoms with E-state index in [1.165, 1.54) is 0 Å². The monoisotopic (exact) mass is 470 g/mol. The van der Waals surface area contributed by atoms with Crippen LogP contribution in [0, 0.1) is 17.5 Å². The van der Waals surface area contributed by atoms with Gasteiger partial charge in [-0.15, -0.1) is 0 Å². The maximum Gasteiger partial charge on any atom is 0.167 e. The summed E-state index contributed by atoms with van der Waals surface area (Å²) in [6.45, 7) is 4.17. The van der Waals surface area contributed by atoms with E-state index in [0.29, 0.717) is 16.7 Å². The molecule has 0 bridgehead atoms. The van der Waals surface area contributed by atoms with Crippen molar-refractivity contribution in [3.8, 4) is 22.3 Å². The lowest BCUT2D eigenvalue weighted by molar-refractivity contribution is 0.514. The molecule has 0 heterocycles. The SMILES string of the molecule is CCCCc1ccc(/C=C/c2ccc(-c3ccc(-c4ccc(CC)cc4)c(F)c3F)cc2)c(F)c1. The van der Waals surface area contributed by atoms with Crippen molar-refractivity contribution in [2.24, 2.45) is 0 Å². The second-order valence-corrected chi connectivity index (χ2v) is 8.75. The third-order valence-corrected chi connectivity index (χ3v) is 6.32. The quantitative estimate of drug-likeness (QED) is 0.225. The average molecular weight is 471 g/mol. The molecule has 35 heavy (non-hydrogen) atoms. The van der Waals surface area contributed by atoms with Crippen LogP contribution in [0.4, 0.5) is 13.2 Å². The first kappa shape index (κ1) is 24.5. The zero-order chi connectivity index (χ0) is 24.8. The van der Waals surface area contributed by atoms with Crippen molar-refractivity contribution < 1.29 is 13.2 Å². The van der Waals surface area contributed by atoms with Crippen molar-refractivity contribution in [2.45, 2.75) is 39.5 Å². The van der Waals surface area contributed by atoms with E-state index in [1.807, 2.05) is 48.5 Å². The van der Waals surface area contributed by atoms with E-state index < -0.39 is 11.6 Å². The summed E-state index contributed by atoms with van der Waals surface area (Å²) < 4.78 is 44.3. The summed E-state index contributed by atoms with van der Waals surface area (Å²) in [5.74, 6) is -1.96. The second kappa shape index (κ2) is 11.2. The minimum Gasteiger partial charge on any atom is -0.206 e.